The fourth-order valence-electron chi connectivity index (χ4n) is 4.73. The number of carbonyl (C=O) groups excluding carboxylic acids is 1. The summed E-state index contributed by atoms with van der Waals surface area (Å²) in [5.74, 6) is 0.584. The first-order valence-electron chi connectivity index (χ1n) is 11.0. The average Bonchev–Trinajstić information content (AvgIpc) is 2.96. The lowest BCUT2D eigenvalue weighted by Crippen LogP contribution is -2.50. The van der Waals surface area contributed by atoms with Gasteiger partial charge in [-0.25, -0.2) is 4.79 Å². The van der Waals surface area contributed by atoms with Crippen LogP contribution in [0.5, 0.6) is 5.75 Å². The lowest BCUT2D eigenvalue weighted by atomic mass is 9.94. The Labute approximate surface area is 183 Å². The van der Waals surface area contributed by atoms with E-state index in [1.54, 1.807) is 17.0 Å². The van der Waals surface area contributed by atoms with Crippen LogP contribution in [0.15, 0.2) is 66.9 Å². The minimum absolute atomic E-state index is 0.126. The van der Waals surface area contributed by atoms with Crippen LogP contribution in [-0.4, -0.2) is 47.1 Å². The van der Waals surface area contributed by atoms with Gasteiger partial charge in [-0.1, -0.05) is 48.0 Å². The van der Waals surface area contributed by atoms with Gasteiger partial charge < -0.3 is 9.64 Å². The number of hydrogen-bond donors (Lipinski definition) is 0. The van der Waals surface area contributed by atoms with Gasteiger partial charge in [0.1, 0.15) is 5.75 Å². The molecule has 2 aromatic carbocycles. The van der Waals surface area contributed by atoms with Crippen molar-refractivity contribution in [2.75, 3.05) is 26.2 Å². The van der Waals surface area contributed by atoms with Crippen LogP contribution in [0.25, 0.3) is 0 Å². The molecule has 0 spiro atoms. The van der Waals surface area contributed by atoms with Gasteiger partial charge in [-0.3, -0.25) is 9.88 Å². The number of amides is 1. The first-order chi connectivity index (χ1) is 15.2. The van der Waals surface area contributed by atoms with Crippen LogP contribution in [0.4, 0.5) is 4.79 Å². The Morgan fingerprint density at radius 2 is 1.71 bits per heavy atom. The average molecular weight is 414 g/mol. The summed E-state index contributed by atoms with van der Waals surface area (Å²) in [7, 11) is 0. The largest absolute Gasteiger partial charge is 0.415 e. The minimum Gasteiger partial charge on any atom is -0.410 e. The number of pyridine rings is 1. The van der Waals surface area contributed by atoms with Crippen molar-refractivity contribution in [3.63, 3.8) is 0 Å². The molecule has 1 aliphatic heterocycles. The van der Waals surface area contributed by atoms with Crippen LogP contribution in [0, 0.1) is 6.92 Å². The third kappa shape index (κ3) is 4.06. The number of hydrogen-bond acceptors (Lipinski definition) is 4. The Kier molecular flexibility index (Phi) is 5.43. The van der Waals surface area contributed by atoms with Crippen molar-refractivity contribution in [3.05, 3.63) is 94.8 Å². The van der Waals surface area contributed by atoms with E-state index >= 15 is 0 Å². The van der Waals surface area contributed by atoms with Gasteiger partial charge in [-0.15, -0.1) is 0 Å². The summed E-state index contributed by atoms with van der Waals surface area (Å²) in [6.45, 7) is 5.02. The molecule has 1 atom stereocenters. The van der Waals surface area contributed by atoms with Gasteiger partial charge in [-0.2, -0.15) is 0 Å². The molecule has 0 bridgehead atoms. The molecule has 0 saturated carbocycles. The van der Waals surface area contributed by atoms with Crippen molar-refractivity contribution in [2.45, 2.75) is 25.8 Å². The summed E-state index contributed by atoms with van der Waals surface area (Å²) in [6, 6.07) is 20.4. The van der Waals surface area contributed by atoms with Gasteiger partial charge in [0.25, 0.3) is 0 Å². The highest BCUT2D eigenvalue weighted by Gasteiger charge is 2.33. The molecule has 1 saturated heterocycles. The highest BCUT2D eigenvalue weighted by Crippen LogP contribution is 2.36. The molecule has 0 N–H and O–H groups in total. The maximum atomic E-state index is 12.6. The molecule has 1 fully saturated rings. The fourth-order valence-corrected chi connectivity index (χ4v) is 4.73. The van der Waals surface area contributed by atoms with Gasteiger partial charge >= 0.3 is 6.09 Å². The predicted octanol–water partition coefficient (Wildman–Crippen LogP) is 4.39. The van der Waals surface area contributed by atoms with Crippen molar-refractivity contribution in [1.82, 2.24) is 14.8 Å². The SMILES string of the molecule is Cc1ccc2c(c1)CCc1cccnc1C2N1CCN(C(=O)Oc2ccccc2)CC1. The molecule has 1 unspecified atom stereocenters. The predicted molar refractivity (Wildman–Crippen MR) is 120 cm³/mol. The first kappa shape index (κ1) is 19.8. The number of carbonyl (C=O) groups is 1. The number of nitrogens with zero attached hydrogens (tertiary/aromatic N) is 3. The van der Waals surface area contributed by atoms with Gasteiger partial charge in [0.05, 0.1) is 11.7 Å². The van der Waals surface area contributed by atoms with E-state index in [0.29, 0.717) is 18.8 Å². The number of benzene rings is 2. The van der Waals surface area contributed by atoms with Crippen molar-refractivity contribution >= 4 is 6.09 Å². The van der Waals surface area contributed by atoms with Crippen LogP contribution < -0.4 is 4.74 Å². The second-order valence-corrected chi connectivity index (χ2v) is 8.36. The summed E-state index contributed by atoms with van der Waals surface area (Å²) < 4.78 is 5.54. The molecule has 158 valence electrons. The monoisotopic (exact) mass is 413 g/mol. The fraction of sp³-hybridized carbons (Fsp3) is 0.308. The van der Waals surface area contributed by atoms with Gasteiger partial charge in [0.15, 0.2) is 0 Å². The lowest BCUT2D eigenvalue weighted by Gasteiger charge is -2.39. The zero-order valence-electron chi connectivity index (χ0n) is 17.8. The van der Waals surface area contributed by atoms with Crippen LogP contribution in [0.2, 0.25) is 0 Å². The number of aryl methyl sites for hydroxylation is 3. The topological polar surface area (TPSA) is 45.7 Å². The van der Waals surface area contributed by atoms with E-state index in [0.717, 1.165) is 31.6 Å². The van der Waals surface area contributed by atoms with Crippen molar-refractivity contribution in [2.24, 2.45) is 0 Å². The zero-order valence-corrected chi connectivity index (χ0v) is 17.8. The third-order valence-electron chi connectivity index (χ3n) is 6.33. The third-order valence-corrected chi connectivity index (χ3v) is 6.33. The quantitative estimate of drug-likeness (QED) is 0.625. The van der Waals surface area contributed by atoms with E-state index in [4.69, 9.17) is 9.72 Å². The van der Waals surface area contributed by atoms with Gasteiger partial charge in [0, 0.05) is 32.4 Å². The summed E-state index contributed by atoms with van der Waals surface area (Å²) in [5.41, 5.74) is 6.54. The van der Waals surface area contributed by atoms with E-state index in [-0.39, 0.29) is 12.1 Å². The van der Waals surface area contributed by atoms with Crippen LogP contribution >= 0.6 is 0 Å². The van der Waals surface area contributed by atoms with E-state index in [9.17, 15) is 4.79 Å². The molecule has 5 nitrogen and oxygen atoms in total. The van der Waals surface area contributed by atoms with Crippen molar-refractivity contribution in [3.8, 4) is 5.75 Å². The standard InChI is InChI=1S/C26H27N3O2/c1-19-9-12-23-21(18-19)11-10-20-6-5-13-27-24(20)25(23)28-14-16-29(17-15-28)26(30)31-22-7-3-2-4-8-22/h2-9,12-13,18,25H,10-11,14-17H2,1H3. The Bertz CT molecular complexity index is 1080. The Morgan fingerprint density at radius 1 is 0.935 bits per heavy atom. The second kappa shape index (κ2) is 8.52. The molecule has 5 rings (SSSR count). The molecular weight excluding hydrogens is 386 g/mol. The summed E-state index contributed by atoms with van der Waals surface area (Å²) >= 11 is 0. The molecule has 2 heterocycles. The van der Waals surface area contributed by atoms with Crippen molar-refractivity contribution < 1.29 is 9.53 Å². The summed E-state index contributed by atoms with van der Waals surface area (Å²) in [5, 5.41) is 0. The van der Waals surface area contributed by atoms with Gasteiger partial charge in [-0.05, 0) is 54.7 Å². The molecule has 31 heavy (non-hydrogen) atoms. The number of fused-ring (bicyclic) bond motifs is 2. The second-order valence-electron chi connectivity index (χ2n) is 8.36. The highest BCUT2D eigenvalue weighted by atomic mass is 16.6. The summed E-state index contributed by atoms with van der Waals surface area (Å²) in [4.78, 5) is 21.7. The van der Waals surface area contributed by atoms with E-state index < -0.39 is 0 Å². The Morgan fingerprint density at radius 3 is 2.52 bits per heavy atom. The number of ether oxygens (including phenoxy) is 1. The molecule has 1 amide bonds. The molecule has 5 heteroatoms. The van der Waals surface area contributed by atoms with E-state index in [2.05, 4.69) is 36.1 Å². The number of piperazine rings is 1. The zero-order chi connectivity index (χ0) is 21.2. The van der Waals surface area contributed by atoms with Crippen LogP contribution in [0.3, 0.4) is 0 Å². The molecule has 0 radical (unpaired) electrons. The maximum Gasteiger partial charge on any atom is 0.415 e. The van der Waals surface area contributed by atoms with Crippen LogP contribution in [-0.2, 0) is 12.8 Å². The Balaban J connectivity index is 1.37. The van der Waals surface area contributed by atoms with Crippen LogP contribution in [0.1, 0.15) is 34.0 Å². The minimum atomic E-state index is -0.277. The Hall–Kier alpha value is -3.18. The van der Waals surface area contributed by atoms with E-state index in [1.807, 2.05) is 30.5 Å². The molecule has 3 aromatic rings. The maximum absolute atomic E-state index is 12.6. The number of aromatic nitrogens is 1. The summed E-state index contributed by atoms with van der Waals surface area (Å²) in [6.07, 6.45) is 3.68. The number of rotatable bonds is 2. The van der Waals surface area contributed by atoms with Gasteiger partial charge in [0.2, 0.25) is 0 Å². The lowest BCUT2D eigenvalue weighted by molar-refractivity contribution is 0.0965. The molecule has 1 aliphatic carbocycles. The van der Waals surface area contributed by atoms with E-state index in [1.165, 1.54) is 22.3 Å². The number of para-hydroxylation sites is 1. The normalized spacial score (nSPS) is 18.6. The molecule has 2 aliphatic rings. The molecule has 1 aromatic heterocycles. The smallest absolute Gasteiger partial charge is 0.410 e. The van der Waals surface area contributed by atoms with Crippen molar-refractivity contribution in [1.29, 1.82) is 0 Å². The molecular formula is C26H27N3O2. The first-order valence-corrected chi connectivity index (χ1v) is 11.0. The highest BCUT2D eigenvalue weighted by molar-refractivity contribution is 5.70.